The van der Waals surface area contributed by atoms with Crippen molar-refractivity contribution in [2.24, 2.45) is 4.99 Å². The van der Waals surface area contributed by atoms with E-state index in [1.807, 2.05) is 36.4 Å². The van der Waals surface area contributed by atoms with Crippen molar-refractivity contribution in [2.75, 3.05) is 7.11 Å². The summed E-state index contributed by atoms with van der Waals surface area (Å²) in [4.78, 5) is 4.01. The molecule has 74 valence electrons. The Morgan fingerprint density at radius 2 is 2.13 bits per heavy atom. The van der Waals surface area contributed by atoms with Gasteiger partial charge in [0, 0.05) is 5.39 Å². The van der Waals surface area contributed by atoms with Gasteiger partial charge in [-0.3, -0.25) is 0 Å². The quantitative estimate of drug-likeness (QED) is 0.564. The highest BCUT2D eigenvalue weighted by molar-refractivity contribution is 7.78. The van der Waals surface area contributed by atoms with Crippen molar-refractivity contribution in [1.82, 2.24) is 0 Å². The molecule has 0 aromatic heterocycles. The van der Waals surface area contributed by atoms with E-state index in [1.54, 1.807) is 7.11 Å². The number of hydrogen-bond acceptors (Lipinski definition) is 3. The van der Waals surface area contributed by atoms with Crippen LogP contribution in [0.15, 0.2) is 41.4 Å². The van der Waals surface area contributed by atoms with E-state index in [1.165, 1.54) is 0 Å². The van der Waals surface area contributed by atoms with Gasteiger partial charge >= 0.3 is 0 Å². The summed E-state index contributed by atoms with van der Waals surface area (Å²) in [5, 5.41) is 4.52. The van der Waals surface area contributed by atoms with Crippen molar-refractivity contribution in [3.8, 4) is 5.75 Å². The maximum Gasteiger partial charge on any atom is 0.119 e. The lowest BCUT2D eigenvalue weighted by Crippen LogP contribution is -1.82. The van der Waals surface area contributed by atoms with Crippen molar-refractivity contribution in [3.05, 3.63) is 36.4 Å². The molecule has 0 atom stereocenters. The minimum absolute atomic E-state index is 0.838. The van der Waals surface area contributed by atoms with E-state index in [-0.39, 0.29) is 0 Å². The highest BCUT2D eigenvalue weighted by Gasteiger charge is 2.00. The Balaban J connectivity index is 2.71. The van der Waals surface area contributed by atoms with E-state index in [0.29, 0.717) is 0 Å². The van der Waals surface area contributed by atoms with Gasteiger partial charge in [0.2, 0.25) is 0 Å². The first-order chi connectivity index (χ1) is 7.35. The molecule has 0 aliphatic rings. The first-order valence-electron chi connectivity index (χ1n) is 4.50. The summed E-state index contributed by atoms with van der Waals surface area (Å²) in [5.74, 6) is 0.839. The van der Waals surface area contributed by atoms with E-state index >= 15 is 0 Å². The monoisotopic (exact) mass is 215 g/mol. The predicted molar refractivity (Wildman–Crippen MR) is 65.2 cm³/mol. The Morgan fingerprint density at radius 3 is 2.87 bits per heavy atom. The summed E-state index contributed by atoms with van der Waals surface area (Å²) >= 11 is 4.60. The van der Waals surface area contributed by atoms with Gasteiger partial charge in [-0.25, -0.2) is 0 Å². The Kier molecular flexibility index (Phi) is 2.77. The molecular formula is C12H9NOS. The second-order valence-electron chi connectivity index (χ2n) is 3.07. The summed E-state index contributed by atoms with van der Waals surface area (Å²) < 4.78 is 5.16. The normalized spacial score (nSPS) is 9.67. The highest BCUT2D eigenvalue weighted by Crippen LogP contribution is 2.28. The fourth-order valence-electron chi connectivity index (χ4n) is 1.52. The largest absolute Gasteiger partial charge is 0.497 e. The van der Waals surface area contributed by atoms with Crippen LogP contribution in [0.2, 0.25) is 0 Å². The van der Waals surface area contributed by atoms with Gasteiger partial charge in [-0.2, -0.15) is 4.99 Å². The Hall–Kier alpha value is -1.70. The zero-order chi connectivity index (χ0) is 10.7. The third kappa shape index (κ3) is 1.89. The zero-order valence-corrected chi connectivity index (χ0v) is 9.04. The average molecular weight is 215 g/mol. The molecule has 0 saturated carbocycles. The minimum Gasteiger partial charge on any atom is -0.497 e. The summed E-state index contributed by atoms with van der Waals surface area (Å²) in [7, 11) is 1.65. The number of thiocarbonyl (C=S) groups is 1. The van der Waals surface area contributed by atoms with E-state index in [2.05, 4.69) is 22.4 Å². The molecule has 0 heterocycles. The van der Waals surface area contributed by atoms with E-state index in [0.717, 1.165) is 22.2 Å². The zero-order valence-electron chi connectivity index (χ0n) is 8.23. The van der Waals surface area contributed by atoms with Crippen molar-refractivity contribution >= 4 is 33.8 Å². The van der Waals surface area contributed by atoms with Crippen LogP contribution >= 0.6 is 12.2 Å². The summed E-state index contributed by atoms with van der Waals surface area (Å²) in [6, 6.07) is 11.7. The summed E-state index contributed by atoms with van der Waals surface area (Å²) in [6.45, 7) is 0. The molecule has 2 aromatic rings. The molecule has 15 heavy (non-hydrogen) atoms. The third-order valence-electron chi connectivity index (χ3n) is 2.23. The standard InChI is InChI=1S/C12H9NOS/c1-14-10-5-6-11-9(7-10)3-2-4-12(11)13-8-15/h2-7H,1H3. The molecule has 0 amide bonds. The summed E-state index contributed by atoms with van der Waals surface area (Å²) in [5.41, 5.74) is 0.838. The van der Waals surface area contributed by atoms with Crippen LogP contribution in [0, 0.1) is 0 Å². The number of aliphatic imine (C=N–C) groups is 1. The fraction of sp³-hybridized carbons (Fsp3) is 0.0833. The van der Waals surface area contributed by atoms with Gasteiger partial charge < -0.3 is 4.74 Å². The molecule has 2 aromatic carbocycles. The number of methoxy groups -OCH3 is 1. The average Bonchev–Trinajstić information content (AvgIpc) is 2.29. The Bertz CT molecular complexity index is 544. The van der Waals surface area contributed by atoms with Crippen molar-refractivity contribution < 1.29 is 4.74 Å². The predicted octanol–water partition coefficient (Wildman–Crippen LogP) is 3.58. The van der Waals surface area contributed by atoms with Crippen LogP contribution < -0.4 is 4.74 Å². The number of hydrogen-bond donors (Lipinski definition) is 0. The molecule has 0 radical (unpaired) electrons. The van der Waals surface area contributed by atoms with Gasteiger partial charge in [-0.05, 0) is 41.9 Å². The number of fused-ring (bicyclic) bond motifs is 1. The van der Waals surface area contributed by atoms with Crippen molar-refractivity contribution in [1.29, 1.82) is 0 Å². The molecule has 2 nitrogen and oxygen atoms in total. The second kappa shape index (κ2) is 4.22. The lowest BCUT2D eigenvalue weighted by Gasteiger charge is -2.03. The van der Waals surface area contributed by atoms with Gasteiger partial charge in [0.05, 0.1) is 18.0 Å². The molecule has 0 saturated heterocycles. The molecular weight excluding hydrogens is 206 g/mol. The Labute approximate surface area is 93.2 Å². The third-order valence-corrected chi connectivity index (χ3v) is 2.32. The van der Waals surface area contributed by atoms with Crippen molar-refractivity contribution in [2.45, 2.75) is 0 Å². The van der Waals surface area contributed by atoms with Crippen LogP contribution in [0.4, 0.5) is 5.69 Å². The fourth-order valence-corrected chi connectivity index (χ4v) is 1.62. The summed E-state index contributed by atoms with van der Waals surface area (Å²) in [6.07, 6.45) is 0. The van der Waals surface area contributed by atoms with Gasteiger partial charge in [-0.1, -0.05) is 12.1 Å². The van der Waals surface area contributed by atoms with E-state index in [9.17, 15) is 0 Å². The maximum absolute atomic E-state index is 5.16. The molecule has 0 aliphatic carbocycles. The molecule has 0 bridgehead atoms. The number of rotatable bonds is 2. The highest BCUT2D eigenvalue weighted by atomic mass is 32.1. The molecule has 2 rings (SSSR count). The van der Waals surface area contributed by atoms with Crippen LogP contribution in [0.3, 0.4) is 0 Å². The first kappa shape index (κ1) is 9.84. The smallest absolute Gasteiger partial charge is 0.119 e. The van der Waals surface area contributed by atoms with Crippen LogP contribution in [-0.2, 0) is 0 Å². The first-order valence-corrected chi connectivity index (χ1v) is 4.90. The SMILES string of the molecule is COc1ccc2c(N=C=S)cccc2c1. The number of benzene rings is 2. The van der Waals surface area contributed by atoms with E-state index < -0.39 is 0 Å². The molecule has 0 aliphatic heterocycles. The van der Waals surface area contributed by atoms with Gasteiger partial charge in [-0.15, -0.1) is 0 Å². The van der Waals surface area contributed by atoms with E-state index in [4.69, 9.17) is 4.74 Å². The topological polar surface area (TPSA) is 21.6 Å². The van der Waals surface area contributed by atoms with Crippen LogP contribution in [0.5, 0.6) is 5.75 Å². The number of isothiocyanates is 1. The number of nitrogens with zero attached hydrogens (tertiary/aromatic N) is 1. The Morgan fingerprint density at radius 1 is 1.27 bits per heavy atom. The van der Waals surface area contributed by atoms with Gasteiger partial charge in [0.25, 0.3) is 0 Å². The maximum atomic E-state index is 5.16. The van der Waals surface area contributed by atoms with Gasteiger partial charge in [0.15, 0.2) is 0 Å². The van der Waals surface area contributed by atoms with Crippen LogP contribution in [-0.4, -0.2) is 12.3 Å². The minimum atomic E-state index is 0.838. The van der Waals surface area contributed by atoms with Crippen LogP contribution in [0.1, 0.15) is 0 Å². The second-order valence-corrected chi connectivity index (χ2v) is 3.25. The lowest BCUT2D eigenvalue weighted by atomic mass is 10.1. The molecule has 0 fully saturated rings. The molecule has 0 N–H and O–H groups in total. The number of ether oxygens (including phenoxy) is 1. The van der Waals surface area contributed by atoms with Crippen molar-refractivity contribution in [3.63, 3.8) is 0 Å². The molecule has 0 unspecified atom stereocenters. The molecule has 0 spiro atoms. The van der Waals surface area contributed by atoms with Gasteiger partial charge in [0.1, 0.15) is 5.75 Å². The lowest BCUT2D eigenvalue weighted by molar-refractivity contribution is 0.415. The van der Waals surface area contributed by atoms with Crippen LogP contribution in [0.25, 0.3) is 10.8 Å². The molecule has 3 heteroatoms.